The summed E-state index contributed by atoms with van der Waals surface area (Å²) in [4.78, 5) is 0. The number of benzene rings is 14. The number of hydrogen-bond acceptors (Lipinski definition) is 3. The summed E-state index contributed by atoms with van der Waals surface area (Å²) in [6.45, 7) is 4.72. The summed E-state index contributed by atoms with van der Waals surface area (Å²) in [6, 6.07) is 96.5. The molecular weight excluding hydrogens is 1080 g/mol. The molecule has 86 heavy (non-hydrogen) atoms. The lowest BCUT2D eigenvalue weighted by Crippen LogP contribution is -2.14. The second-order valence-electron chi connectivity index (χ2n) is 24.5. The monoisotopic (exact) mass is 1120 g/mol. The van der Waals surface area contributed by atoms with E-state index in [1.54, 1.807) is 0 Å². The first-order chi connectivity index (χ1) is 42.4. The molecular formula is C83H48OS2. The average Bonchev–Trinajstić information content (AvgIpc) is 1.65. The van der Waals surface area contributed by atoms with Gasteiger partial charge >= 0.3 is 0 Å². The van der Waals surface area contributed by atoms with Crippen LogP contribution < -0.4 is 0 Å². The largest absolute Gasteiger partial charge is 0.456 e. The Bertz CT molecular complexity index is 5910. The number of furan rings is 1. The van der Waals surface area contributed by atoms with E-state index < -0.39 is 0 Å². The van der Waals surface area contributed by atoms with E-state index >= 15 is 0 Å². The minimum absolute atomic E-state index is 0.0765. The fourth-order valence-electron chi connectivity index (χ4n) is 15.9. The van der Waals surface area contributed by atoms with Crippen molar-refractivity contribution < 1.29 is 4.42 Å². The molecule has 0 saturated carbocycles. The van der Waals surface area contributed by atoms with Gasteiger partial charge in [-0.1, -0.05) is 220 Å². The Morgan fingerprint density at radius 2 is 0.767 bits per heavy atom. The minimum Gasteiger partial charge on any atom is -0.456 e. The molecule has 0 unspecified atom stereocenters. The normalized spacial score (nSPS) is 13.3. The van der Waals surface area contributed by atoms with Crippen LogP contribution in [0.15, 0.2) is 259 Å². The highest BCUT2D eigenvalue weighted by molar-refractivity contribution is 7.26. The number of rotatable bonds is 5. The molecule has 0 amide bonds. The fourth-order valence-corrected chi connectivity index (χ4v) is 18.3. The summed E-state index contributed by atoms with van der Waals surface area (Å²) in [7, 11) is 0. The van der Waals surface area contributed by atoms with E-state index in [1.807, 2.05) is 22.7 Å². The van der Waals surface area contributed by atoms with Crippen molar-refractivity contribution in [3.05, 3.63) is 266 Å². The third-order valence-electron chi connectivity index (χ3n) is 19.8. The molecule has 14 aromatic carbocycles. The summed E-state index contributed by atoms with van der Waals surface area (Å²) in [5.41, 5.74) is 29.9. The molecule has 398 valence electrons. The van der Waals surface area contributed by atoms with Gasteiger partial charge in [-0.05, 0) is 192 Å². The van der Waals surface area contributed by atoms with Crippen molar-refractivity contribution in [3.8, 4) is 111 Å². The molecule has 0 aliphatic heterocycles. The zero-order valence-electron chi connectivity index (χ0n) is 47.0. The summed E-state index contributed by atoms with van der Waals surface area (Å²) in [5, 5.41) is 12.7. The summed E-state index contributed by atoms with van der Waals surface area (Å²) < 4.78 is 12.0. The van der Waals surface area contributed by atoms with Gasteiger partial charge in [-0.3, -0.25) is 0 Å². The van der Waals surface area contributed by atoms with Gasteiger partial charge in [-0.25, -0.2) is 0 Å². The van der Waals surface area contributed by atoms with Gasteiger partial charge in [0, 0.05) is 56.5 Å². The van der Waals surface area contributed by atoms with E-state index in [4.69, 9.17) is 4.42 Å². The SMILES string of the molecule is CC1(C)c2ccccc2-c2c(-c3ccc4oc5cccc(-c6ccc7c8c(cccc68)-c6ccc(-c8ccc(-c9ccc%10c%11c(cccc9%11)-c9ccccc9-%10)c9c8sc8cc(-c%10ccc%11sc%12ccccc%12c%11c%10)ccc89)cc6-7)c5c4c3)cccc21. The number of fused-ring (bicyclic) bond motifs is 18. The van der Waals surface area contributed by atoms with Gasteiger partial charge < -0.3 is 4.42 Å². The zero-order chi connectivity index (χ0) is 56.3. The minimum atomic E-state index is -0.0765. The van der Waals surface area contributed by atoms with Crippen molar-refractivity contribution in [1.82, 2.24) is 0 Å². The quantitative estimate of drug-likeness (QED) is 0.167. The first-order valence-electron chi connectivity index (χ1n) is 29.9. The molecule has 20 rings (SSSR count). The number of hydrogen-bond donors (Lipinski definition) is 0. The van der Waals surface area contributed by atoms with Gasteiger partial charge in [0.1, 0.15) is 11.2 Å². The predicted octanol–water partition coefficient (Wildman–Crippen LogP) is 24.6. The molecule has 0 N–H and O–H groups in total. The van der Waals surface area contributed by atoms with E-state index in [0.29, 0.717) is 0 Å². The van der Waals surface area contributed by atoms with E-state index in [0.717, 1.165) is 21.9 Å². The molecule has 0 atom stereocenters. The molecule has 0 bridgehead atoms. The Morgan fingerprint density at radius 3 is 1.57 bits per heavy atom. The highest BCUT2D eigenvalue weighted by atomic mass is 32.1. The lowest BCUT2D eigenvalue weighted by Gasteiger charge is -2.21. The van der Waals surface area contributed by atoms with Crippen molar-refractivity contribution in [2.45, 2.75) is 19.3 Å². The Labute approximate surface area is 503 Å². The van der Waals surface area contributed by atoms with Crippen LogP contribution in [-0.2, 0) is 5.41 Å². The Morgan fingerprint density at radius 1 is 0.256 bits per heavy atom. The number of thiophene rings is 2. The summed E-state index contributed by atoms with van der Waals surface area (Å²) in [5.74, 6) is 0. The Balaban J connectivity index is 0.742. The van der Waals surface area contributed by atoms with Gasteiger partial charge in [0.05, 0.1) is 0 Å². The van der Waals surface area contributed by atoms with Crippen LogP contribution >= 0.6 is 22.7 Å². The van der Waals surface area contributed by atoms with Crippen molar-refractivity contribution in [1.29, 1.82) is 0 Å². The second-order valence-corrected chi connectivity index (χ2v) is 26.6. The summed E-state index contributed by atoms with van der Waals surface area (Å²) >= 11 is 3.81. The maximum atomic E-state index is 6.74. The van der Waals surface area contributed by atoms with Crippen LogP contribution in [0.5, 0.6) is 0 Å². The topological polar surface area (TPSA) is 13.1 Å². The molecule has 3 heteroatoms. The van der Waals surface area contributed by atoms with Crippen LogP contribution in [0.25, 0.3) is 195 Å². The maximum absolute atomic E-state index is 6.74. The smallest absolute Gasteiger partial charge is 0.136 e. The lowest BCUT2D eigenvalue weighted by molar-refractivity contribution is 0.660. The molecule has 0 radical (unpaired) electrons. The first kappa shape index (κ1) is 47.2. The molecule has 3 heterocycles. The molecule has 3 aliphatic carbocycles. The van der Waals surface area contributed by atoms with Crippen LogP contribution in [0.3, 0.4) is 0 Å². The van der Waals surface area contributed by atoms with Gasteiger partial charge in [-0.15, -0.1) is 22.7 Å². The van der Waals surface area contributed by atoms with Crippen molar-refractivity contribution in [3.63, 3.8) is 0 Å². The van der Waals surface area contributed by atoms with Crippen molar-refractivity contribution >= 4 is 107 Å². The van der Waals surface area contributed by atoms with Gasteiger partial charge in [0.25, 0.3) is 0 Å². The average molecular weight is 1130 g/mol. The van der Waals surface area contributed by atoms with Crippen molar-refractivity contribution in [2.75, 3.05) is 0 Å². The van der Waals surface area contributed by atoms with E-state index in [9.17, 15) is 0 Å². The highest BCUT2D eigenvalue weighted by Crippen LogP contribution is 2.57. The molecule has 17 aromatic rings. The molecule has 3 aliphatic rings. The van der Waals surface area contributed by atoms with Crippen LogP contribution in [0.4, 0.5) is 0 Å². The van der Waals surface area contributed by atoms with Crippen LogP contribution in [-0.4, -0.2) is 0 Å². The zero-order valence-corrected chi connectivity index (χ0v) is 48.6. The van der Waals surface area contributed by atoms with Crippen LogP contribution in [0.2, 0.25) is 0 Å². The van der Waals surface area contributed by atoms with Gasteiger partial charge in [0.2, 0.25) is 0 Å². The third kappa shape index (κ3) is 6.28. The molecule has 3 aromatic heterocycles. The van der Waals surface area contributed by atoms with E-state index in [1.165, 1.54) is 184 Å². The third-order valence-corrected chi connectivity index (χ3v) is 22.2. The van der Waals surface area contributed by atoms with Gasteiger partial charge in [0.15, 0.2) is 0 Å². The molecule has 1 nitrogen and oxygen atoms in total. The molecule has 0 saturated heterocycles. The van der Waals surface area contributed by atoms with Crippen molar-refractivity contribution in [2.24, 2.45) is 0 Å². The first-order valence-corrected chi connectivity index (χ1v) is 31.5. The van der Waals surface area contributed by atoms with E-state index in [-0.39, 0.29) is 5.41 Å². The van der Waals surface area contributed by atoms with Crippen LogP contribution in [0, 0.1) is 0 Å². The lowest BCUT2D eigenvalue weighted by atomic mass is 9.82. The van der Waals surface area contributed by atoms with Crippen LogP contribution in [0.1, 0.15) is 25.0 Å². The van der Waals surface area contributed by atoms with E-state index in [2.05, 4.69) is 269 Å². The standard InChI is InChI=1S/C83H48OS2/c1-83(2)70-23-7-5-16-65(70)79-49(17-11-24-71(79)83)47-29-39-72-69(43-47)80-61(22-12-25-73(80)84-72)53-35-38-64-67-42-48(28-31-55(67)60-21-10-19-58(53)78(60)64)50-33-36-63(54-34-37-62-52-14-4-3-13-51(52)57-18-9-20-59(54)77(57)62)81-66-32-27-46(44-76(66)86-82(50)81)45-30-40-75-68(41-45)56-15-6-8-26-74(56)85-75/h3-44H,1-2H3. The second kappa shape index (κ2) is 17.0. The summed E-state index contributed by atoms with van der Waals surface area (Å²) in [6.07, 6.45) is 0. The predicted molar refractivity (Wildman–Crippen MR) is 368 cm³/mol. The Kier molecular flexibility index (Phi) is 9.35. The van der Waals surface area contributed by atoms with Gasteiger partial charge in [-0.2, -0.15) is 0 Å². The highest BCUT2D eigenvalue weighted by Gasteiger charge is 2.37. The maximum Gasteiger partial charge on any atom is 0.136 e. The molecule has 0 fully saturated rings. The Hall–Kier alpha value is -10.2. The molecule has 0 spiro atoms. The fraction of sp³-hybridized carbons (Fsp3) is 0.0361.